The van der Waals surface area contributed by atoms with E-state index in [1.165, 1.54) is 0 Å². The quantitative estimate of drug-likeness (QED) is 0.855. The number of aliphatic hydroxyl groups excluding tert-OH is 1. The molecule has 0 saturated heterocycles. The molecular weight excluding hydrogens is 272 g/mol. The zero-order valence-corrected chi connectivity index (χ0v) is 12.3. The lowest BCUT2D eigenvalue weighted by molar-refractivity contribution is 0.305. The van der Waals surface area contributed by atoms with Gasteiger partial charge in [-0.05, 0) is 18.6 Å². The molecule has 0 bridgehead atoms. The molecule has 106 valence electrons. The highest BCUT2D eigenvalue weighted by atomic mass is 32.1. The van der Waals surface area contributed by atoms with E-state index in [0.717, 1.165) is 22.7 Å². The molecule has 2 aromatic rings. The van der Waals surface area contributed by atoms with Gasteiger partial charge < -0.3 is 5.11 Å². The number of aromatic nitrogens is 2. The summed E-state index contributed by atoms with van der Waals surface area (Å²) >= 11 is 1.59. The lowest BCUT2D eigenvalue weighted by Gasteiger charge is -1.99. The van der Waals surface area contributed by atoms with Crippen molar-refractivity contribution in [2.24, 2.45) is 0 Å². The lowest BCUT2D eigenvalue weighted by atomic mass is 10.4. The Balaban J connectivity index is 2.08. The van der Waals surface area contributed by atoms with Crippen molar-refractivity contribution in [3.05, 3.63) is 44.8 Å². The summed E-state index contributed by atoms with van der Waals surface area (Å²) in [6, 6.07) is 3.95. The zero-order valence-electron chi connectivity index (χ0n) is 11.5. The molecule has 0 radical (unpaired) electrons. The van der Waals surface area contributed by atoms with Crippen molar-refractivity contribution in [2.75, 3.05) is 6.61 Å². The van der Waals surface area contributed by atoms with Gasteiger partial charge in [-0.3, -0.25) is 9.13 Å². The number of rotatable bonds is 5. The predicted octanol–water partition coefficient (Wildman–Crippen LogP) is 1.90. The molecule has 20 heavy (non-hydrogen) atoms. The summed E-state index contributed by atoms with van der Waals surface area (Å²) in [7, 11) is 0. The third-order valence-electron chi connectivity index (χ3n) is 2.82. The van der Waals surface area contributed by atoms with E-state index in [2.05, 4.69) is 18.8 Å². The molecular formula is C15H18N2O2S. The van der Waals surface area contributed by atoms with Crippen LogP contribution in [0.15, 0.2) is 29.3 Å². The van der Waals surface area contributed by atoms with Crippen LogP contribution >= 0.6 is 11.3 Å². The molecule has 0 aliphatic heterocycles. The van der Waals surface area contributed by atoms with Crippen molar-refractivity contribution >= 4 is 11.3 Å². The Morgan fingerprint density at radius 1 is 1.30 bits per heavy atom. The fraction of sp³-hybridized carbons (Fsp3) is 0.400. The molecule has 4 nitrogen and oxygen atoms in total. The van der Waals surface area contributed by atoms with Crippen LogP contribution in [0.1, 0.15) is 29.5 Å². The molecule has 0 atom stereocenters. The first-order chi connectivity index (χ1) is 9.74. The van der Waals surface area contributed by atoms with Crippen LogP contribution < -0.4 is 5.69 Å². The third kappa shape index (κ3) is 3.62. The van der Waals surface area contributed by atoms with Gasteiger partial charge in [-0.2, -0.15) is 0 Å². The van der Waals surface area contributed by atoms with Crippen molar-refractivity contribution in [1.82, 2.24) is 9.13 Å². The second-order valence-corrected chi connectivity index (χ2v) is 5.61. The van der Waals surface area contributed by atoms with E-state index in [4.69, 9.17) is 5.11 Å². The maximum Gasteiger partial charge on any atom is 0.328 e. The number of aliphatic hydroxyl groups is 1. The smallest absolute Gasteiger partial charge is 0.328 e. The van der Waals surface area contributed by atoms with Crippen LogP contribution in [0, 0.1) is 11.8 Å². The summed E-state index contributed by atoms with van der Waals surface area (Å²) < 4.78 is 3.45. The van der Waals surface area contributed by atoms with E-state index in [0.29, 0.717) is 13.0 Å². The van der Waals surface area contributed by atoms with Crippen LogP contribution in [-0.4, -0.2) is 20.8 Å². The monoisotopic (exact) mass is 290 g/mol. The summed E-state index contributed by atoms with van der Waals surface area (Å²) in [5.41, 5.74) is 0.0353. The molecule has 0 aliphatic carbocycles. The van der Waals surface area contributed by atoms with Gasteiger partial charge in [0.25, 0.3) is 0 Å². The minimum absolute atomic E-state index is 0.0353. The first-order valence-electron chi connectivity index (χ1n) is 6.68. The van der Waals surface area contributed by atoms with Gasteiger partial charge in [-0.25, -0.2) is 4.79 Å². The molecule has 0 aromatic carbocycles. The van der Waals surface area contributed by atoms with Gasteiger partial charge in [0.2, 0.25) is 0 Å². The number of thiophene rings is 1. The molecule has 0 saturated carbocycles. The van der Waals surface area contributed by atoms with Gasteiger partial charge >= 0.3 is 5.69 Å². The second-order valence-electron chi connectivity index (χ2n) is 4.44. The van der Waals surface area contributed by atoms with Gasteiger partial charge in [-0.15, -0.1) is 11.3 Å². The average molecular weight is 290 g/mol. The summed E-state index contributed by atoms with van der Waals surface area (Å²) in [6.45, 7) is 3.49. The van der Waals surface area contributed by atoms with Gasteiger partial charge in [0.1, 0.15) is 0 Å². The van der Waals surface area contributed by atoms with Crippen molar-refractivity contribution in [2.45, 2.75) is 32.9 Å². The summed E-state index contributed by atoms with van der Waals surface area (Å²) in [5, 5.41) is 8.68. The Labute approximate surface area is 122 Å². The van der Waals surface area contributed by atoms with E-state index in [1.807, 2.05) is 24.5 Å². The van der Waals surface area contributed by atoms with Crippen LogP contribution in [0.3, 0.4) is 0 Å². The lowest BCUT2D eigenvalue weighted by Crippen LogP contribution is -2.24. The molecule has 0 unspecified atom stereocenters. The van der Waals surface area contributed by atoms with Gasteiger partial charge in [-0.1, -0.05) is 18.8 Å². The zero-order chi connectivity index (χ0) is 14.4. The molecule has 5 heteroatoms. The largest absolute Gasteiger partial charge is 0.395 e. The predicted molar refractivity (Wildman–Crippen MR) is 81.0 cm³/mol. The first kappa shape index (κ1) is 14.6. The van der Waals surface area contributed by atoms with Gasteiger partial charge in [0.15, 0.2) is 0 Å². The van der Waals surface area contributed by atoms with E-state index in [1.54, 1.807) is 20.5 Å². The number of imidazole rings is 1. The summed E-state index contributed by atoms with van der Waals surface area (Å²) in [6.07, 6.45) is 5.11. The van der Waals surface area contributed by atoms with Crippen LogP contribution in [0.2, 0.25) is 0 Å². The normalized spacial score (nSPS) is 10.3. The summed E-state index contributed by atoms with van der Waals surface area (Å²) in [5.74, 6) is 5.91. The van der Waals surface area contributed by atoms with Crippen LogP contribution in [0.4, 0.5) is 0 Å². The Hall–Kier alpha value is -1.77. The number of nitrogens with zero attached hydrogens (tertiary/aromatic N) is 2. The molecule has 0 aliphatic rings. The number of hydrogen-bond acceptors (Lipinski definition) is 3. The Bertz CT molecular complexity index is 670. The van der Waals surface area contributed by atoms with Gasteiger partial charge in [0.05, 0.1) is 18.0 Å². The van der Waals surface area contributed by atoms with E-state index >= 15 is 0 Å². The van der Waals surface area contributed by atoms with Crippen LogP contribution in [0.25, 0.3) is 0 Å². The Morgan fingerprint density at radius 2 is 2.10 bits per heavy atom. The second kappa shape index (κ2) is 7.13. The fourth-order valence-electron chi connectivity index (χ4n) is 1.89. The summed E-state index contributed by atoms with van der Waals surface area (Å²) in [4.78, 5) is 14.1. The standard InChI is InChI=1S/C15H18N2O2S/c1-2-8-16-9-10-17(15(16)19)12-14-7-6-13(20-14)5-3-4-11-18/h6-7,9-10,18H,2,4,8,11-12H2,1H3. The highest BCUT2D eigenvalue weighted by Crippen LogP contribution is 2.16. The van der Waals surface area contributed by atoms with Crippen molar-refractivity contribution < 1.29 is 5.11 Å². The van der Waals surface area contributed by atoms with E-state index < -0.39 is 0 Å². The molecule has 0 fully saturated rings. The van der Waals surface area contributed by atoms with Crippen LogP contribution in [-0.2, 0) is 13.1 Å². The first-order valence-corrected chi connectivity index (χ1v) is 7.50. The topological polar surface area (TPSA) is 47.2 Å². The number of hydrogen-bond donors (Lipinski definition) is 1. The van der Waals surface area contributed by atoms with Crippen molar-refractivity contribution in [1.29, 1.82) is 0 Å². The molecule has 2 rings (SSSR count). The van der Waals surface area contributed by atoms with Gasteiger partial charge in [0, 0.05) is 30.2 Å². The fourth-order valence-corrected chi connectivity index (χ4v) is 2.77. The minimum Gasteiger partial charge on any atom is -0.395 e. The SMILES string of the molecule is CCCn1ccn(Cc2ccc(C#CCCO)s2)c1=O. The van der Waals surface area contributed by atoms with Crippen molar-refractivity contribution in [3.63, 3.8) is 0 Å². The molecule has 0 spiro atoms. The highest BCUT2D eigenvalue weighted by Gasteiger charge is 2.05. The van der Waals surface area contributed by atoms with Crippen LogP contribution in [0.5, 0.6) is 0 Å². The molecule has 0 amide bonds. The molecule has 2 heterocycles. The van der Waals surface area contributed by atoms with E-state index in [9.17, 15) is 4.79 Å². The third-order valence-corrected chi connectivity index (χ3v) is 3.80. The molecule has 2 aromatic heterocycles. The average Bonchev–Trinajstić information content (AvgIpc) is 3.01. The Kier molecular flexibility index (Phi) is 5.22. The maximum absolute atomic E-state index is 12.1. The van der Waals surface area contributed by atoms with Crippen molar-refractivity contribution in [3.8, 4) is 11.8 Å². The Morgan fingerprint density at radius 3 is 2.85 bits per heavy atom. The number of aryl methyl sites for hydroxylation is 1. The maximum atomic E-state index is 12.1. The van der Waals surface area contributed by atoms with E-state index in [-0.39, 0.29) is 12.3 Å². The highest BCUT2D eigenvalue weighted by molar-refractivity contribution is 7.12. The molecule has 1 N–H and O–H groups in total. The minimum atomic E-state index is 0.0353.